The first-order valence-electron chi connectivity index (χ1n) is 10.6. The minimum absolute atomic E-state index is 0.248. The van der Waals surface area contributed by atoms with Gasteiger partial charge >= 0.3 is 5.97 Å². The molecule has 1 amide bonds. The Labute approximate surface area is 186 Å². The number of carboxylic acid groups (broad SMARTS) is 1. The van der Waals surface area contributed by atoms with Crippen molar-refractivity contribution < 1.29 is 19.4 Å². The van der Waals surface area contributed by atoms with Gasteiger partial charge in [-0.1, -0.05) is 42.5 Å². The van der Waals surface area contributed by atoms with Gasteiger partial charge in [-0.2, -0.15) is 10.1 Å². The molecule has 2 aliphatic rings. The number of methoxy groups -OCH3 is 1. The first kappa shape index (κ1) is 21.6. The van der Waals surface area contributed by atoms with E-state index in [9.17, 15) is 14.7 Å². The van der Waals surface area contributed by atoms with Gasteiger partial charge in [0.1, 0.15) is 11.4 Å². The Bertz CT molecular complexity index is 1060. The number of para-hydroxylation sites is 2. The van der Waals surface area contributed by atoms with Crippen LogP contribution in [0.3, 0.4) is 0 Å². The van der Waals surface area contributed by atoms with Crippen molar-refractivity contribution in [3.63, 3.8) is 0 Å². The molecule has 2 aliphatic heterocycles. The largest absolute Gasteiger partial charge is 0.494 e. The van der Waals surface area contributed by atoms with Crippen LogP contribution in [0, 0.1) is 0 Å². The number of ether oxygens (including phenoxy) is 1. The maximum Gasteiger partial charge on any atom is 0.309 e. The number of nitrogens with one attached hydrogen (secondary N) is 1. The molecule has 0 saturated carbocycles. The lowest BCUT2D eigenvalue weighted by atomic mass is 10.0. The first-order valence-corrected chi connectivity index (χ1v) is 10.6. The molecular weight excluding hydrogens is 408 g/mol. The molecule has 0 radical (unpaired) electrons. The second-order valence-electron chi connectivity index (χ2n) is 7.74. The Kier molecular flexibility index (Phi) is 6.51. The number of rotatable bonds is 6. The summed E-state index contributed by atoms with van der Waals surface area (Å²) in [6.07, 6.45) is 0.579. The minimum Gasteiger partial charge on any atom is -0.494 e. The van der Waals surface area contributed by atoms with Crippen LogP contribution < -0.4 is 15.1 Å². The molecule has 166 valence electrons. The second-order valence-corrected chi connectivity index (χ2v) is 7.74. The molecule has 0 aromatic heterocycles. The van der Waals surface area contributed by atoms with Gasteiger partial charge in [0.25, 0.3) is 5.91 Å². The maximum atomic E-state index is 13.5. The van der Waals surface area contributed by atoms with E-state index in [1.54, 1.807) is 24.3 Å². The van der Waals surface area contributed by atoms with E-state index in [1.165, 1.54) is 17.7 Å². The number of hydrogen-bond donors (Lipinski definition) is 2. The van der Waals surface area contributed by atoms with Crippen molar-refractivity contribution >= 4 is 23.3 Å². The Hall–Kier alpha value is -3.65. The van der Waals surface area contributed by atoms with Crippen molar-refractivity contribution in [2.24, 2.45) is 5.10 Å². The Balaban J connectivity index is 1.69. The molecule has 2 N–H and O–H groups in total. The highest BCUT2D eigenvalue weighted by Gasteiger charge is 2.36. The highest BCUT2D eigenvalue weighted by atomic mass is 16.5. The van der Waals surface area contributed by atoms with E-state index in [2.05, 4.69) is 27.5 Å². The van der Waals surface area contributed by atoms with E-state index in [1.807, 2.05) is 18.2 Å². The maximum absolute atomic E-state index is 13.5. The van der Waals surface area contributed by atoms with Gasteiger partial charge < -0.3 is 15.2 Å². The third-order valence-electron chi connectivity index (χ3n) is 5.47. The number of carbonyl (C=O) groups is 2. The molecule has 0 spiro atoms. The van der Waals surface area contributed by atoms with Gasteiger partial charge in [-0.3, -0.25) is 14.5 Å². The number of hydrogen-bond acceptors (Lipinski definition) is 6. The summed E-state index contributed by atoms with van der Waals surface area (Å²) in [5, 5.41) is 18.5. The van der Waals surface area contributed by atoms with Crippen molar-refractivity contribution in [3.8, 4) is 5.75 Å². The lowest BCUT2D eigenvalue weighted by Crippen LogP contribution is -2.31. The molecule has 0 bridgehead atoms. The quantitative estimate of drug-likeness (QED) is 0.679. The predicted octanol–water partition coefficient (Wildman–Crippen LogP) is 2.62. The zero-order chi connectivity index (χ0) is 22.5. The Morgan fingerprint density at radius 2 is 1.91 bits per heavy atom. The van der Waals surface area contributed by atoms with Crippen LogP contribution >= 0.6 is 0 Å². The van der Waals surface area contributed by atoms with Crippen molar-refractivity contribution in [2.75, 3.05) is 31.8 Å². The summed E-state index contributed by atoms with van der Waals surface area (Å²) in [6.45, 7) is 2.82. The monoisotopic (exact) mass is 434 g/mol. The average Bonchev–Trinajstić information content (AvgIpc) is 2.95. The summed E-state index contributed by atoms with van der Waals surface area (Å²) in [5.41, 5.74) is 2.95. The van der Waals surface area contributed by atoms with Crippen LogP contribution in [0.15, 0.2) is 71.0 Å². The number of aliphatic carboxylic acids is 1. The number of hydrazone groups is 1. The summed E-state index contributed by atoms with van der Waals surface area (Å²) in [6, 6.07) is 17.2. The molecule has 8 heteroatoms. The Morgan fingerprint density at radius 1 is 1.16 bits per heavy atom. The summed E-state index contributed by atoms with van der Waals surface area (Å²) in [7, 11) is 1.52. The van der Waals surface area contributed by atoms with Crippen LogP contribution in [0.1, 0.15) is 18.4 Å². The molecule has 1 fully saturated rings. The Morgan fingerprint density at radius 3 is 2.66 bits per heavy atom. The van der Waals surface area contributed by atoms with Gasteiger partial charge in [-0.15, -0.1) is 0 Å². The van der Waals surface area contributed by atoms with Gasteiger partial charge in [0, 0.05) is 31.9 Å². The van der Waals surface area contributed by atoms with Gasteiger partial charge in [0.15, 0.2) is 0 Å². The standard InChI is InChI=1S/C24H26N4O4/c1-32-21-11-6-5-10-20(21)28-24(31)23(18(26-28)14-22(29)30)19-16-27(13-7-12-25-19)15-17-8-3-2-4-9-17/h2-6,8-11,25H,7,12-16H2,1H3,(H,29,30)/b23-19-. The lowest BCUT2D eigenvalue weighted by molar-refractivity contribution is -0.135. The lowest BCUT2D eigenvalue weighted by Gasteiger charge is -2.21. The van der Waals surface area contributed by atoms with Crippen molar-refractivity contribution in [1.82, 2.24) is 10.2 Å². The molecule has 0 aliphatic carbocycles. The molecule has 32 heavy (non-hydrogen) atoms. The molecule has 0 atom stereocenters. The smallest absolute Gasteiger partial charge is 0.309 e. The van der Waals surface area contributed by atoms with Crippen LogP contribution in [-0.2, 0) is 16.1 Å². The van der Waals surface area contributed by atoms with Crippen LogP contribution in [0.2, 0.25) is 0 Å². The van der Waals surface area contributed by atoms with E-state index in [0.717, 1.165) is 19.5 Å². The number of amides is 1. The normalized spacial score (nSPS) is 19.3. The van der Waals surface area contributed by atoms with E-state index in [-0.39, 0.29) is 18.0 Å². The number of anilines is 1. The van der Waals surface area contributed by atoms with Gasteiger partial charge in [0.05, 0.1) is 24.8 Å². The van der Waals surface area contributed by atoms with Gasteiger partial charge in [-0.25, -0.2) is 0 Å². The third-order valence-corrected chi connectivity index (χ3v) is 5.47. The number of carbonyl (C=O) groups excluding carboxylic acids is 1. The third kappa shape index (κ3) is 4.65. The number of nitrogens with zero attached hydrogens (tertiary/aromatic N) is 3. The van der Waals surface area contributed by atoms with Crippen LogP contribution in [0.25, 0.3) is 0 Å². The van der Waals surface area contributed by atoms with Crippen LogP contribution in [-0.4, -0.2) is 54.3 Å². The minimum atomic E-state index is -1.04. The SMILES string of the molecule is COc1ccccc1N1N=C(CC(=O)O)/C(=C2\CN(Cc3ccccc3)CCCN2)C1=O. The molecule has 2 aromatic rings. The first-order chi connectivity index (χ1) is 15.6. The fourth-order valence-corrected chi connectivity index (χ4v) is 4.03. The summed E-state index contributed by atoms with van der Waals surface area (Å²) < 4.78 is 5.39. The van der Waals surface area contributed by atoms with E-state index < -0.39 is 5.97 Å². The summed E-state index contributed by atoms with van der Waals surface area (Å²) in [5.74, 6) is -0.897. The molecular formula is C24H26N4O4. The fraction of sp³-hybridized carbons (Fsp3) is 0.292. The topological polar surface area (TPSA) is 94.5 Å². The van der Waals surface area contributed by atoms with E-state index in [0.29, 0.717) is 35.8 Å². The molecule has 2 heterocycles. The zero-order valence-corrected chi connectivity index (χ0v) is 18.0. The molecule has 8 nitrogen and oxygen atoms in total. The number of benzene rings is 2. The molecule has 1 saturated heterocycles. The fourth-order valence-electron chi connectivity index (χ4n) is 4.03. The number of carboxylic acids is 1. The summed E-state index contributed by atoms with van der Waals surface area (Å²) >= 11 is 0. The van der Waals surface area contributed by atoms with Gasteiger partial charge in [0.2, 0.25) is 0 Å². The van der Waals surface area contributed by atoms with E-state index >= 15 is 0 Å². The van der Waals surface area contributed by atoms with Crippen molar-refractivity contribution in [1.29, 1.82) is 0 Å². The molecule has 4 rings (SSSR count). The molecule has 2 aromatic carbocycles. The molecule has 0 unspecified atom stereocenters. The van der Waals surface area contributed by atoms with Crippen LogP contribution in [0.4, 0.5) is 5.69 Å². The highest BCUT2D eigenvalue weighted by molar-refractivity contribution is 6.33. The highest BCUT2D eigenvalue weighted by Crippen LogP contribution is 2.33. The second kappa shape index (κ2) is 9.65. The van der Waals surface area contributed by atoms with E-state index in [4.69, 9.17) is 4.74 Å². The van der Waals surface area contributed by atoms with Crippen LogP contribution in [0.5, 0.6) is 5.75 Å². The van der Waals surface area contributed by atoms with Crippen molar-refractivity contribution in [2.45, 2.75) is 19.4 Å². The van der Waals surface area contributed by atoms with Gasteiger partial charge in [-0.05, 0) is 24.1 Å². The zero-order valence-electron chi connectivity index (χ0n) is 18.0. The summed E-state index contributed by atoms with van der Waals surface area (Å²) in [4.78, 5) is 27.3. The van der Waals surface area contributed by atoms with Crippen molar-refractivity contribution in [3.05, 3.63) is 71.4 Å². The predicted molar refractivity (Wildman–Crippen MR) is 122 cm³/mol. The average molecular weight is 434 g/mol.